The number of thiazole rings is 1. The molecule has 0 spiro atoms. The van der Waals surface area contributed by atoms with E-state index in [1.807, 2.05) is 24.4 Å². The molecule has 0 unspecified atom stereocenters. The Morgan fingerprint density at radius 2 is 2.21 bits per heavy atom. The number of carbonyl (C=O) groups excluding carboxylic acids is 1. The molecule has 0 fully saturated rings. The minimum Gasteiger partial charge on any atom is -0.348 e. The van der Waals surface area contributed by atoms with Crippen LogP contribution in [-0.4, -0.2) is 10.9 Å². The Bertz CT molecular complexity index is 883. The van der Waals surface area contributed by atoms with E-state index in [1.54, 1.807) is 40.9 Å². The van der Waals surface area contributed by atoms with E-state index in [-0.39, 0.29) is 11.7 Å². The second kappa shape index (κ2) is 7.51. The molecule has 3 rings (SSSR count). The first-order chi connectivity index (χ1) is 11.6. The lowest BCUT2D eigenvalue weighted by molar-refractivity contribution is -0.116. The van der Waals surface area contributed by atoms with Crippen LogP contribution in [0.4, 0.5) is 4.39 Å². The van der Waals surface area contributed by atoms with Gasteiger partial charge in [0, 0.05) is 16.3 Å². The smallest absolute Gasteiger partial charge is 0.244 e. The van der Waals surface area contributed by atoms with Gasteiger partial charge in [-0.1, -0.05) is 12.1 Å². The van der Waals surface area contributed by atoms with Crippen LogP contribution in [0, 0.1) is 12.7 Å². The number of halogens is 1. The van der Waals surface area contributed by atoms with Crippen LogP contribution in [0.25, 0.3) is 16.6 Å². The summed E-state index contributed by atoms with van der Waals surface area (Å²) >= 11 is 3.24. The fourth-order valence-electron chi connectivity index (χ4n) is 2.10. The molecule has 0 aliphatic heterocycles. The average Bonchev–Trinajstić information content (AvgIpc) is 3.20. The van der Waals surface area contributed by atoms with Crippen molar-refractivity contribution in [2.45, 2.75) is 13.5 Å². The van der Waals surface area contributed by atoms with E-state index in [9.17, 15) is 9.18 Å². The summed E-state index contributed by atoms with van der Waals surface area (Å²) in [6.07, 6.45) is 3.00. The maximum absolute atomic E-state index is 13.1. The van der Waals surface area contributed by atoms with E-state index >= 15 is 0 Å². The van der Waals surface area contributed by atoms with Gasteiger partial charge < -0.3 is 5.32 Å². The van der Waals surface area contributed by atoms with Crippen LogP contribution in [0.5, 0.6) is 0 Å². The Balaban J connectivity index is 1.56. The van der Waals surface area contributed by atoms with Crippen LogP contribution in [0.1, 0.15) is 15.4 Å². The Morgan fingerprint density at radius 3 is 2.96 bits per heavy atom. The van der Waals surface area contributed by atoms with Crippen molar-refractivity contribution in [1.82, 2.24) is 10.3 Å². The minimum absolute atomic E-state index is 0.210. The highest BCUT2D eigenvalue weighted by atomic mass is 32.1. The molecule has 2 heterocycles. The number of benzene rings is 1. The minimum atomic E-state index is -0.319. The lowest BCUT2D eigenvalue weighted by Crippen LogP contribution is -2.19. The Labute approximate surface area is 147 Å². The number of amides is 1. The van der Waals surface area contributed by atoms with Gasteiger partial charge in [-0.2, -0.15) is 0 Å². The van der Waals surface area contributed by atoms with Gasteiger partial charge in [0.2, 0.25) is 5.91 Å². The van der Waals surface area contributed by atoms with E-state index in [0.717, 1.165) is 20.5 Å². The summed E-state index contributed by atoms with van der Waals surface area (Å²) in [6, 6.07) is 10.1. The first-order valence-corrected chi connectivity index (χ1v) is 9.02. The van der Waals surface area contributed by atoms with E-state index in [2.05, 4.69) is 10.3 Å². The van der Waals surface area contributed by atoms with E-state index < -0.39 is 0 Å². The van der Waals surface area contributed by atoms with Crippen molar-refractivity contribution in [3.05, 3.63) is 69.1 Å². The van der Waals surface area contributed by atoms with E-state index in [4.69, 9.17) is 0 Å². The average molecular weight is 358 g/mol. The van der Waals surface area contributed by atoms with Gasteiger partial charge in [0.25, 0.3) is 0 Å². The third-order valence-corrected chi connectivity index (χ3v) is 5.13. The van der Waals surface area contributed by atoms with Crippen LogP contribution in [0.15, 0.2) is 47.9 Å². The van der Waals surface area contributed by atoms with Crippen molar-refractivity contribution in [3.8, 4) is 10.6 Å². The number of nitrogens with one attached hydrogen (secondary N) is 1. The van der Waals surface area contributed by atoms with Gasteiger partial charge in [-0.3, -0.25) is 4.79 Å². The van der Waals surface area contributed by atoms with Crippen LogP contribution >= 0.6 is 22.7 Å². The summed E-state index contributed by atoms with van der Waals surface area (Å²) < 4.78 is 13.1. The molecule has 0 aliphatic carbocycles. The number of aromatic nitrogens is 1. The van der Waals surface area contributed by atoms with Crippen molar-refractivity contribution in [2.75, 3.05) is 0 Å². The molecule has 1 N–H and O–H groups in total. The zero-order valence-corrected chi connectivity index (χ0v) is 14.6. The quantitative estimate of drug-likeness (QED) is 0.675. The van der Waals surface area contributed by atoms with Gasteiger partial charge in [0.05, 0.1) is 22.1 Å². The molecular weight excluding hydrogens is 343 g/mol. The molecule has 0 atom stereocenters. The molecule has 2 aromatic heterocycles. The fourth-order valence-corrected chi connectivity index (χ4v) is 3.70. The number of hydrogen-bond donors (Lipinski definition) is 1. The van der Waals surface area contributed by atoms with Crippen molar-refractivity contribution < 1.29 is 9.18 Å². The largest absolute Gasteiger partial charge is 0.348 e. The number of aryl methyl sites for hydroxylation is 1. The summed E-state index contributed by atoms with van der Waals surface area (Å²) in [7, 11) is 0. The van der Waals surface area contributed by atoms with Crippen molar-refractivity contribution in [2.24, 2.45) is 0 Å². The predicted octanol–water partition coefficient (Wildman–Crippen LogP) is 4.65. The number of thiophene rings is 1. The van der Waals surface area contributed by atoms with Crippen LogP contribution in [0.2, 0.25) is 0 Å². The lowest BCUT2D eigenvalue weighted by Gasteiger charge is -1.99. The van der Waals surface area contributed by atoms with Crippen LogP contribution in [-0.2, 0) is 11.3 Å². The first-order valence-electron chi connectivity index (χ1n) is 7.33. The highest BCUT2D eigenvalue weighted by Crippen LogP contribution is 2.28. The fraction of sp³-hybridized carbons (Fsp3) is 0.111. The highest BCUT2D eigenvalue weighted by Gasteiger charge is 2.06. The summed E-state index contributed by atoms with van der Waals surface area (Å²) in [4.78, 5) is 18.5. The molecule has 0 bridgehead atoms. The predicted molar refractivity (Wildman–Crippen MR) is 97.4 cm³/mol. The van der Waals surface area contributed by atoms with Gasteiger partial charge in [-0.25, -0.2) is 9.37 Å². The SMILES string of the molecule is Cc1nc(-c2ccc(CNC(=O)/C=C/c3cccc(F)c3)s2)cs1. The van der Waals surface area contributed by atoms with E-state index in [1.165, 1.54) is 18.2 Å². The second-order valence-corrected chi connectivity index (χ2v) is 7.35. The first kappa shape index (κ1) is 16.5. The molecule has 1 amide bonds. The molecule has 0 aliphatic rings. The van der Waals surface area contributed by atoms with E-state index in [0.29, 0.717) is 12.1 Å². The topological polar surface area (TPSA) is 42.0 Å². The third kappa shape index (κ3) is 4.37. The standard InChI is InChI=1S/C18H15FN2OS2/c1-12-21-16(11-23-12)17-7-6-15(24-17)10-20-18(22)8-5-13-3-2-4-14(19)9-13/h2-9,11H,10H2,1H3,(H,20,22)/b8-5+. The molecule has 6 heteroatoms. The summed E-state index contributed by atoms with van der Waals surface area (Å²) in [5, 5.41) is 5.90. The van der Waals surface area contributed by atoms with Gasteiger partial charge >= 0.3 is 0 Å². The Hall–Kier alpha value is -2.31. The maximum atomic E-state index is 13.1. The number of hydrogen-bond acceptors (Lipinski definition) is 4. The van der Waals surface area contributed by atoms with Gasteiger partial charge in [0.15, 0.2) is 0 Å². The third-order valence-electron chi connectivity index (χ3n) is 3.25. The molecule has 3 aromatic rings. The normalized spacial score (nSPS) is 11.1. The summed E-state index contributed by atoms with van der Waals surface area (Å²) in [5.41, 5.74) is 1.63. The zero-order chi connectivity index (χ0) is 16.9. The molecule has 1 aromatic carbocycles. The zero-order valence-electron chi connectivity index (χ0n) is 13.0. The Morgan fingerprint density at radius 1 is 1.33 bits per heavy atom. The lowest BCUT2D eigenvalue weighted by atomic mass is 10.2. The number of nitrogens with zero attached hydrogens (tertiary/aromatic N) is 1. The second-order valence-electron chi connectivity index (χ2n) is 5.12. The van der Waals surface area contributed by atoms with Crippen molar-refractivity contribution in [1.29, 1.82) is 0 Å². The molecular formula is C18H15FN2OS2. The number of rotatable bonds is 5. The van der Waals surface area contributed by atoms with Crippen molar-refractivity contribution >= 4 is 34.7 Å². The summed E-state index contributed by atoms with van der Waals surface area (Å²) in [5.74, 6) is -0.528. The molecule has 122 valence electrons. The van der Waals surface area contributed by atoms with Crippen LogP contribution in [0.3, 0.4) is 0 Å². The summed E-state index contributed by atoms with van der Waals surface area (Å²) in [6.45, 7) is 2.44. The monoisotopic (exact) mass is 358 g/mol. The molecule has 24 heavy (non-hydrogen) atoms. The molecule has 3 nitrogen and oxygen atoms in total. The Kier molecular flexibility index (Phi) is 5.17. The van der Waals surface area contributed by atoms with Gasteiger partial charge in [-0.15, -0.1) is 22.7 Å². The van der Waals surface area contributed by atoms with Crippen LogP contribution < -0.4 is 5.32 Å². The van der Waals surface area contributed by atoms with Crippen molar-refractivity contribution in [3.63, 3.8) is 0 Å². The number of carbonyl (C=O) groups is 1. The molecule has 0 saturated carbocycles. The molecule has 0 radical (unpaired) electrons. The van der Waals surface area contributed by atoms with Gasteiger partial charge in [-0.05, 0) is 42.8 Å². The maximum Gasteiger partial charge on any atom is 0.244 e. The highest BCUT2D eigenvalue weighted by molar-refractivity contribution is 7.16. The molecule has 0 saturated heterocycles. The van der Waals surface area contributed by atoms with Gasteiger partial charge in [0.1, 0.15) is 5.82 Å².